The normalized spacial score (nSPS) is 18.4. The summed E-state index contributed by atoms with van der Waals surface area (Å²) in [5.74, 6) is -4.04. The maximum absolute atomic E-state index is 14.3. The van der Waals surface area contributed by atoms with Gasteiger partial charge in [-0.1, -0.05) is 53.7 Å². The number of allylic oxidation sites excluding steroid dienone is 3. The molecular formula is C27H20ClF10N3O3. The van der Waals surface area contributed by atoms with Crippen LogP contribution in [0.25, 0.3) is 10.8 Å². The third-order valence-corrected chi connectivity index (χ3v) is 6.62. The molecule has 2 aromatic rings. The maximum atomic E-state index is 14.3. The fraction of sp³-hybridized carbons (Fsp3) is 0.296. The summed E-state index contributed by atoms with van der Waals surface area (Å²) >= 11 is 5.57. The highest BCUT2D eigenvalue weighted by Crippen LogP contribution is 2.47. The molecule has 0 fully saturated rings. The van der Waals surface area contributed by atoms with E-state index in [1.165, 1.54) is 36.4 Å². The Morgan fingerprint density at radius 1 is 1.02 bits per heavy atom. The number of rotatable bonds is 8. The van der Waals surface area contributed by atoms with Gasteiger partial charge in [0.15, 0.2) is 0 Å². The van der Waals surface area contributed by atoms with E-state index >= 15 is 0 Å². The number of benzene rings is 2. The number of alkyl halides is 9. The number of hydrogen-bond acceptors (Lipinski definition) is 4. The second kappa shape index (κ2) is 12.5. The van der Waals surface area contributed by atoms with Gasteiger partial charge < -0.3 is 15.5 Å². The molecule has 2 aromatic carbocycles. The van der Waals surface area contributed by atoms with Gasteiger partial charge in [0, 0.05) is 23.1 Å². The van der Waals surface area contributed by atoms with Crippen molar-refractivity contribution in [1.82, 2.24) is 10.6 Å². The molecule has 0 radical (unpaired) electrons. The van der Waals surface area contributed by atoms with Crippen molar-refractivity contribution in [1.29, 1.82) is 0 Å². The third kappa shape index (κ3) is 7.52. The number of nitrogens with one attached hydrogen (secondary N) is 2. The molecule has 0 spiro atoms. The first-order valence-corrected chi connectivity index (χ1v) is 12.5. The molecule has 0 saturated heterocycles. The summed E-state index contributed by atoms with van der Waals surface area (Å²) in [7, 11) is 0. The molecule has 2 N–H and O–H groups in total. The van der Waals surface area contributed by atoms with Crippen LogP contribution in [0.3, 0.4) is 0 Å². The molecule has 44 heavy (non-hydrogen) atoms. The Kier molecular flexibility index (Phi) is 9.77. The van der Waals surface area contributed by atoms with Crippen LogP contribution in [-0.4, -0.2) is 54.7 Å². The van der Waals surface area contributed by atoms with Crippen molar-refractivity contribution in [3.63, 3.8) is 0 Å². The van der Waals surface area contributed by atoms with Gasteiger partial charge in [-0.25, -0.2) is 4.39 Å². The summed E-state index contributed by atoms with van der Waals surface area (Å²) in [6, 6.07) is 8.15. The highest BCUT2D eigenvalue weighted by Gasteiger charge is 2.62. The molecule has 238 valence electrons. The minimum atomic E-state index is -5.27. The molecule has 1 aliphatic heterocycles. The van der Waals surface area contributed by atoms with Gasteiger partial charge in [-0.05, 0) is 29.8 Å². The van der Waals surface area contributed by atoms with Gasteiger partial charge in [0.05, 0.1) is 22.9 Å². The van der Waals surface area contributed by atoms with Crippen LogP contribution in [0.15, 0.2) is 76.2 Å². The van der Waals surface area contributed by atoms with Gasteiger partial charge in [0.25, 0.3) is 11.5 Å². The highest BCUT2D eigenvalue weighted by atomic mass is 35.5. The maximum Gasteiger partial charge on any atom is 0.435 e. The van der Waals surface area contributed by atoms with Crippen LogP contribution in [0.4, 0.5) is 43.9 Å². The van der Waals surface area contributed by atoms with Crippen LogP contribution in [0.1, 0.15) is 29.3 Å². The molecule has 1 heterocycles. The fourth-order valence-electron chi connectivity index (χ4n) is 3.99. The number of carbonyl (C=O) groups is 2. The van der Waals surface area contributed by atoms with Gasteiger partial charge >= 0.3 is 18.5 Å². The lowest BCUT2D eigenvalue weighted by Crippen LogP contribution is -2.46. The lowest BCUT2D eigenvalue weighted by Gasteiger charge is -2.29. The Labute approximate surface area is 247 Å². The predicted molar refractivity (Wildman–Crippen MR) is 139 cm³/mol. The first-order chi connectivity index (χ1) is 20.2. The van der Waals surface area contributed by atoms with E-state index in [9.17, 15) is 53.5 Å². The van der Waals surface area contributed by atoms with E-state index in [1.54, 1.807) is 5.32 Å². The Morgan fingerprint density at radius 3 is 2.20 bits per heavy atom. The van der Waals surface area contributed by atoms with Crippen molar-refractivity contribution >= 4 is 39.9 Å². The van der Waals surface area contributed by atoms with Gasteiger partial charge in [-0.3, -0.25) is 9.59 Å². The summed E-state index contributed by atoms with van der Waals surface area (Å²) in [6.07, 6.45) is -15.9. The summed E-state index contributed by atoms with van der Waals surface area (Å²) in [5, 5.41) is 6.28. The molecular weight excluding hydrogens is 640 g/mol. The van der Waals surface area contributed by atoms with Crippen molar-refractivity contribution in [3.8, 4) is 0 Å². The minimum Gasteiger partial charge on any atom is -0.374 e. The van der Waals surface area contributed by atoms with Gasteiger partial charge in [-0.15, -0.1) is 0 Å². The molecule has 1 aliphatic rings. The molecule has 17 heteroatoms. The second-order valence-electron chi connectivity index (χ2n) is 9.37. The number of fused-ring (bicyclic) bond motifs is 1. The van der Waals surface area contributed by atoms with Crippen molar-refractivity contribution < 1.29 is 58.3 Å². The average Bonchev–Trinajstić information content (AvgIpc) is 3.39. The lowest BCUT2D eigenvalue weighted by atomic mass is 9.85. The fourth-order valence-corrected chi connectivity index (χ4v) is 4.26. The summed E-state index contributed by atoms with van der Waals surface area (Å²) < 4.78 is 133. The molecule has 0 saturated carbocycles. The Hall–Kier alpha value is -4.08. The van der Waals surface area contributed by atoms with Crippen molar-refractivity contribution in [2.24, 2.45) is 5.16 Å². The van der Waals surface area contributed by atoms with Crippen molar-refractivity contribution in [2.75, 3.05) is 13.1 Å². The van der Waals surface area contributed by atoms with Gasteiger partial charge in [0.1, 0.15) is 12.4 Å². The predicted octanol–water partition coefficient (Wildman–Crippen LogP) is 7.16. The molecule has 0 bridgehead atoms. The molecule has 0 aromatic heterocycles. The smallest absolute Gasteiger partial charge is 0.374 e. The van der Waals surface area contributed by atoms with E-state index in [0.29, 0.717) is 6.92 Å². The zero-order valence-corrected chi connectivity index (χ0v) is 23.0. The largest absolute Gasteiger partial charge is 0.435 e. The van der Waals surface area contributed by atoms with Gasteiger partial charge in [0.2, 0.25) is 5.91 Å². The van der Waals surface area contributed by atoms with Crippen molar-refractivity contribution in [2.45, 2.75) is 37.5 Å². The zero-order chi connectivity index (χ0) is 33.3. The standard InChI is InChI=1S/C27H20ClF10N3O3/c1-13(9-19(28)22(29)14(2)26(33,34)35)24(27(36,37)38)10-20(41-44-24)17-7-8-18(16-6-4-3-5-15(16)17)23(43)39-11-21(42)40-12-25(30,31)32/h3-9H,1,10-12H2,2H3,(H,39,43)(H,40,42)/b19-9+,22-14-/t24-/m0/s1. The SMILES string of the molecule is C=C(/C=C(Cl)\C(F)=C(/C)C(F)(F)F)[C@]1(C(F)(F)F)CC(c2ccc(C(=O)NCC(=O)NCC(F)(F)F)c3ccccc23)=NO1. The monoisotopic (exact) mass is 659 g/mol. The topological polar surface area (TPSA) is 79.8 Å². The van der Waals surface area contributed by atoms with Crippen LogP contribution in [0.2, 0.25) is 0 Å². The van der Waals surface area contributed by atoms with E-state index in [4.69, 9.17) is 16.4 Å². The highest BCUT2D eigenvalue weighted by molar-refractivity contribution is 6.32. The quantitative estimate of drug-likeness (QED) is 0.233. The molecule has 3 rings (SSSR count). The molecule has 0 unspecified atom stereocenters. The van der Waals surface area contributed by atoms with Gasteiger partial charge in [-0.2, -0.15) is 39.5 Å². The average molecular weight is 660 g/mol. The van der Waals surface area contributed by atoms with Crippen LogP contribution in [-0.2, 0) is 9.63 Å². The van der Waals surface area contributed by atoms with Crippen LogP contribution in [0, 0.1) is 0 Å². The first-order valence-electron chi connectivity index (χ1n) is 12.1. The summed E-state index contributed by atoms with van der Waals surface area (Å²) in [6.45, 7) is 1.13. The molecule has 6 nitrogen and oxygen atoms in total. The first kappa shape index (κ1) is 34.4. The van der Waals surface area contributed by atoms with E-state index in [-0.39, 0.29) is 33.7 Å². The summed E-state index contributed by atoms with van der Waals surface area (Å²) in [5.41, 5.74) is -6.57. The lowest BCUT2D eigenvalue weighted by molar-refractivity contribution is -0.251. The second-order valence-corrected chi connectivity index (χ2v) is 9.77. The molecule has 0 aliphatic carbocycles. The Bertz CT molecular complexity index is 1580. The Balaban J connectivity index is 1.92. The van der Waals surface area contributed by atoms with Crippen LogP contribution >= 0.6 is 11.6 Å². The number of amides is 2. The number of hydrogen-bond donors (Lipinski definition) is 2. The third-order valence-electron chi connectivity index (χ3n) is 6.34. The van der Waals surface area contributed by atoms with Crippen LogP contribution < -0.4 is 10.6 Å². The zero-order valence-electron chi connectivity index (χ0n) is 22.2. The minimum absolute atomic E-state index is 0.0352. The number of carbonyl (C=O) groups excluding carboxylic acids is 2. The number of nitrogens with zero attached hydrogens (tertiary/aromatic N) is 1. The molecule has 1 atom stereocenters. The van der Waals surface area contributed by atoms with Crippen molar-refractivity contribution in [3.05, 3.63) is 82.2 Å². The van der Waals surface area contributed by atoms with E-state index in [0.717, 1.165) is 0 Å². The van der Waals surface area contributed by atoms with E-state index in [1.807, 2.05) is 0 Å². The van der Waals surface area contributed by atoms with Crippen LogP contribution in [0.5, 0.6) is 0 Å². The molecule has 2 amide bonds. The van der Waals surface area contributed by atoms with E-state index in [2.05, 4.69) is 17.1 Å². The summed E-state index contributed by atoms with van der Waals surface area (Å²) in [4.78, 5) is 29.2. The number of oxime groups is 1. The number of halogens is 11. The Morgan fingerprint density at radius 2 is 1.64 bits per heavy atom. The van der Waals surface area contributed by atoms with E-state index < -0.39 is 77.5 Å².